The first kappa shape index (κ1) is 20.9. The molecule has 0 radical (unpaired) electrons. The fourth-order valence-corrected chi connectivity index (χ4v) is 5.00. The Morgan fingerprint density at radius 3 is 2.42 bits per heavy atom. The summed E-state index contributed by atoms with van der Waals surface area (Å²) in [7, 11) is 0. The Hall–Kier alpha value is -3.33. The lowest BCUT2D eigenvalue weighted by Gasteiger charge is -2.34. The molecule has 0 spiro atoms. The minimum absolute atomic E-state index is 0.142. The third kappa shape index (κ3) is 4.27. The lowest BCUT2D eigenvalue weighted by Crippen LogP contribution is -2.42. The van der Waals surface area contributed by atoms with Crippen LogP contribution in [0.25, 0.3) is 5.69 Å². The van der Waals surface area contributed by atoms with Crippen LogP contribution in [0, 0.1) is 41.4 Å². The summed E-state index contributed by atoms with van der Waals surface area (Å²) in [5.74, 6) is 6.35. The van der Waals surface area contributed by atoms with Crippen LogP contribution in [0.5, 0.6) is 0 Å². The van der Waals surface area contributed by atoms with Crippen LogP contribution in [0.4, 0.5) is 0 Å². The number of piperidine rings is 1. The minimum Gasteiger partial charge on any atom is -0.307 e. The molecule has 5 nitrogen and oxygen atoms in total. The first-order valence-corrected chi connectivity index (χ1v) is 11.0. The van der Waals surface area contributed by atoms with Crippen LogP contribution >= 0.6 is 0 Å². The molecule has 3 heterocycles. The number of unbranched alkanes of at least 4 members (excludes halogenated alkanes) is 1. The van der Waals surface area contributed by atoms with E-state index in [1.165, 1.54) is 32.1 Å². The molecule has 31 heavy (non-hydrogen) atoms. The Kier molecular flexibility index (Phi) is 6.22. The second kappa shape index (κ2) is 9.22. The van der Waals surface area contributed by atoms with Gasteiger partial charge in [0.1, 0.15) is 0 Å². The molecule has 5 heteroatoms. The van der Waals surface area contributed by atoms with E-state index in [0.717, 1.165) is 17.1 Å². The van der Waals surface area contributed by atoms with Gasteiger partial charge in [0.05, 0.1) is 29.9 Å². The number of rotatable bonds is 5. The predicted molar refractivity (Wildman–Crippen MR) is 119 cm³/mol. The van der Waals surface area contributed by atoms with Crippen LogP contribution < -0.4 is 0 Å². The Balaban J connectivity index is 1.66. The lowest BCUT2D eigenvalue weighted by molar-refractivity contribution is 0.0826. The van der Waals surface area contributed by atoms with Crippen molar-refractivity contribution in [2.75, 3.05) is 6.54 Å². The van der Waals surface area contributed by atoms with Crippen molar-refractivity contribution >= 4 is 5.78 Å². The molecule has 0 saturated carbocycles. The maximum Gasteiger partial charge on any atom is 0.178 e. The minimum atomic E-state index is 0.142. The van der Waals surface area contributed by atoms with Gasteiger partial charge in [-0.25, -0.2) is 0 Å². The molecule has 156 valence electrons. The van der Waals surface area contributed by atoms with Crippen LogP contribution in [0.1, 0.15) is 72.3 Å². The maximum atomic E-state index is 13.3. The van der Waals surface area contributed by atoms with E-state index in [-0.39, 0.29) is 5.78 Å². The van der Waals surface area contributed by atoms with Crippen molar-refractivity contribution in [1.29, 1.82) is 10.5 Å². The first-order chi connectivity index (χ1) is 15.1. The van der Waals surface area contributed by atoms with Gasteiger partial charge in [0.2, 0.25) is 0 Å². The quantitative estimate of drug-likeness (QED) is 0.413. The number of carbonyl (C=O) groups excluding carboxylic acids is 1. The highest BCUT2D eigenvalue weighted by molar-refractivity contribution is 5.99. The monoisotopic (exact) mass is 410 g/mol. The zero-order valence-corrected chi connectivity index (χ0v) is 17.9. The standard InChI is InChI=1S/C26H26N4O/c1-19-25(26(31)18-29-21-7-5-8-22(29)14-13-21)16-24(6-3-2-4-15-27)30(19)23-11-9-20(17-28)10-12-23/h9-12,16,21-22H,2,4-5,7-8,13-14,18H2,1H3. The highest BCUT2D eigenvalue weighted by Crippen LogP contribution is 2.35. The average Bonchev–Trinajstić information content (AvgIpc) is 3.21. The van der Waals surface area contributed by atoms with Gasteiger partial charge >= 0.3 is 0 Å². The molecule has 0 aliphatic carbocycles. The van der Waals surface area contributed by atoms with Gasteiger partial charge in [0.15, 0.2) is 5.78 Å². The third-order valence-corrected chi connectivity index (χ3v) is 6.55. The topological polar surface area (TPSA) is 72.8 Å². The molecule has 0 amide bonds. The van der Waals surface area contributed by atoms with E-state index in [2.05, 4.69) is 28.9 Å². The second-order valence-corrected chi connectivity index (χ2v) is 8.39. The van der Waals surface area contributed by atoms with Gasteiger partial charge < -0.3 is 4.57 Å². The number of Topliss-reactive ketones (excluding diaryl/α,β-unsaturated/α-hetero) is 1. The van der Waals surface area contributed by atoms with Crippen molar-refractivity contribution in [2.45, 2.75) is 64.0 Å². The van der Waals surface area contributed by atoms with Crippen molar-refractivity contribution in [1.82, 2.24) is 9.47 Å². The Morgan fingerprint density at radius 2 is 1.77 bits per heavy atom. The van der Waals surface area contributed by atoms with Crippen molar-refractivity contribution in [3.63, 3.8) is 0 Å². The molecule has 4 rings (SSSR count). The normalized spacial score (nSPS) is 19.8. The Bertz CT molecular complexity index is 1100. The number of nitrogens with zero attached hydrogens (tertiary/aromatic N) is 4. The molecule has 2 aliphatic rings. The number of carbonyl (C=O) groups is 1. The molecule has 1 aromatic carbocycles. The lowest BCUT2D eigenvalue weighted by atomic mass is 10.0. The van der Waals surface area contributed by atoms with Gasteiger partial charge in [-0.3, -0.25) is 9.69 Å². The predicted octanol–water partition coefficient (Wildman–Crippen LogP) is 4.51. The fraction of sp³-hybridized carbons (Fsp3) is 0.423. The first-order valence-electron chi connectivity index (χ1n) is 11.0. The fourth-order valence-electron chi connectivity index (χ4n) is 5.00. The summed E-state index contributed by atoms with van der Waals surface area (Å²) in [6.45, 7) is 2.42. The van der Waals surface area contributed by atoms with Gasteiger partial charge in [-0.1, -0.05) is 12.3 Å². The number of ketones is 1. The summed E-state index contributed by atoms with van der Waals surface area (Å²) in [5.41, 5.74) is 3.78. The molecule has 2 fully saturated rings. The van der Waals surface area contributed by atoms with E-state index < -0.39 is 0 Å². The van der Waals surface area contributed by atoms with Crippen molar-refractivity contribution < 1.29 is 4.79 Å². The highest BCUT2D eigenvalue weighted by atomic mass is 16.1. The zero-order valence-electron chi connectivity index (χ0n) is 17.9. The summed E-state index contributed by atoms with van der Waals surface area (Å²) in [6.07, 6.45) is 6.96. The number of fused-ring (bicyclic) bond motifs is 2. The SMILES string of the molecule is Cc1c(C(=O)CN2C3CCCC2CC3)cc(C#CCCC#N)n1-c1ccc(C#N)cc1. The van der Waals surface area contributed by atoms with E-state index in [9.17, 15) is 4.79 Å². The zero-order chi connectivity index (χ0) is 21.8. The van der Waals surface area contributed by atoms with Crippen molar-refractivity contribution in [2.24, 2.45) is 0 Å². The molecule has 2 aliphatic heterocycles. The summed E-state index contributed by atoms with van der Waals surface area (Å²) in [6, 6.07) is 14.5. The van der Waals surface area contributed by atoms with E-state index in [0.29, 0.717) is 42.6 Å². The summed E-state index contributed by atoms with van der Waals surface area (Å²) in [5, 5.41) is 17.9. The average molecular weight is 411 g/mol. The molecule has 2 atom stereocenters. The number of hydrogen-bond acceptors (Lipinski definition) is 4. The number of nitriles is 2. The Morgan fingerprint density at radius 1 is 1.06 bits per heavy atom. The largest absolute Gasteiger partial charge is 0.307 e. The van der Waals surface area contributed by atoms with Crippen LogP contribution in [-0.4, -0.2) is 33.9 Å². The van der Waals surface area contributed by atoms with Crippen molar-refractivity contribution in [3.05, 3.63) is 52.8 Å². The van der Waals surface area contributed by atoms with E-state index >= 15 is 0 Å². The van der Waals surface area contributed by atoms with E-state index in [4.69, 9.17) is 10.5 Å². The van der Waals surface area contributed by atoms with Crippen LogP contribution in [0.3, 0.4) is 0 Å². The summed E-state index contributed by atoms with van der Waals surface area (Å²) < 4.78 is 1.98. The second-order valence-electron chi connectivity index (χ2n) is 8.39. The number of hydrogen-bond donors (Lipinski definition) is 0. The molecular formula is C26H26N4O. The molecular weight excluding hydrogens is 384 g/mol. The smallest absolute Gasteiger partial charge is 0.178 e. The summed E-state index contributed by atoms with van der Waals surface area (Å²) in [4.78, 5) is 15.8. The van der Waals surface area contributed by atoms with Gasteiger partial charge in [0.25, 0.3) is 0 Å². The number of aromatic nitrogens is 1. The molecule has 2 bridgehead atoms. The Labute approximate surface area is 183 Å². The van der Waals surface area contributed by atoms with Crippen molar-refractivity contribution in [3.8, 4) is 29.7 Å². The van der Waals surface area contributed by atoms with Crippen LogP contribution in [-0.2, 0) is 0 Å². The molecule has 1 aromatic heterocycles. The van der Waals surface area contributed by atoms with Gasteiger partial charge in [-0.2, -0.15) is 10.5 Å². The molecule has 2 aromatic rings. The molecule has 0 N–H and O–H groups in total. The highest BCUT2D eigenvalue weighted by Gasteiger charge is 2.37. The third-order valence-electron chi connectivity index (χ3n) is 6.55. The molecule has 2 unspecified atom stereocenters. The van der Waals surface area contributed by atoms with Crippen LogP contribution in [0.2, 0.25) is 0 Å². The van der Waals surface area contributed by atoms with Gasteiger partial charge in [-0.05, 0) is 68.9 Å². The van der Waals surface area contributed by atoms with Gasteiger partial charge in [-0.15, -0.1) is 0 Å². The maximum absolute atomic E-state index is 13.3. The van der Waals surface area contributed by atoms with E-state index in [1.54, 1.807) is 12.1 Å². The molecule has 2 saturated heterocycles. The van der Waals surface area contributed by atoms with Crippen LogP contribution in [0.15, 0.2) is 30.3 Å². The van der Waals surface area contributed by atoms with E-state index in [1.807, 2.05) is 29.7 Å². The summed E-state index contributed by atoms with van der Waals surface area (Å²) >= 11 is 0. The van der Waals surface area contributed by atoms with Gasteiger partial charge in [0, 0.05) is 41.9 Å². The number of benzene rings is 1.